The molecule has 0 saturated heterocycles. The van der Waals surface area contributed by atoms with Crippen molar-refractivity contribution < 1.29 is 49.1 Å². The molecular formula is C22H18O12. The second-order valence-electron chi connectivity index (χ2n) is 6.50. The van der Waals surface area contributed by atoms with E-state index >= 15 is 0 Å². The third kappa shape index (κ3) is 6.75. The summed E-state index contributed by atoms with van der Waals surface area (Å²) in [5, 5.41) is 53.7. The Bertz CT molecular complexity index is 1340. The molecular weight excluding hydrogens is 456 g/mol. The van der Waals surface area contributed by atoms with Crippen molar-refractivity contribution in [3.63, 3.8) is 0 Å². The summed E-state index contributed by atoms with van der Waals surface area (Å²) in [5.41, 5.74) is -1.11. The van der Waals surface area contributed by atoms with Gasteiger partial charge in [-0.1, -0.05) is 0 Å². The Hall–Kier alpha value is -5.00. The fraction of sp³-hybridized carbons (Fsp3) is 0.0909. The van der Waals surface area contributed by atoms with Crippen molar-refractivity contribution in [2.75, 3.05) is 0 Å². The largest absolute Gasteiger partial charge is 0.504 e. The van der Waals surface area contributed by atoms with Crippen molar-refractivity contribution in [3.8, 4) is 23.0 Å². The van der Waals surface area contributed by atoms with Crippen molar-refractivity contribution in [2.45, 2.75) is 12.8 Å². The first-order chi connectivity index (χ1) is 16.0. The third-order valence-corrected chi connectivity index (χ3v) is 4.04. The van der Waals surface area contributed by atoms with E-state index in [9.17, 15) is 29.4 Å². The van der Waals surface area contributed by atoms with Crippen LogP contribution in [-0.4, -0.2) is 42.6 Å². The first-order valence-corrected chi connectivity index (χ1v) is 9.32. The molecule has 0 radical (unpaired) electrons. The Labute approximate surface area is 188 Å². The van der Waals surface area contributed by atoms with Gasteiger partial charge in [0.25, 0.3) is 0 Å². The topological polar surface area (TPSA) is 216 Å². The summed E-state index contributed by atoms with van der Waals surface area (Å²) in [5.74, 6) is -3.58. The van der Waals surface area contributed by atoms with Crippen LogP contribution < -0.4 is 11.3 Å². The summed E-state index contributed by atoms with van der Waals surface area (Å²) in [6, 6.07) is 11.3. The molecule has 12 nitrogen and oxygen atoms in total. The Morgan fingerprint density at radius 3 is 1.24 bits per heavy atom. The summed E-state index contributed by atoms with van der Waals surface area (Å²) in [4.78, 5) is 40.9. The molecule has 0 atom stereocenters. The van der Waals surface area contributed by atoms with Crippen LogP contribution in [0.2, 0.25) is 0 Å². The average molecular weight is 474 g/mol. The lowest BCUT2D eigenvalue weighted by molar-refractivity contribution is -0.143. The van der Waals surface area contributed by atoms with Gasteiger partial charge in [-0.3, -0.25) is 9.59 Å². The molecule has 0 aliphatic rings. The molecule has 0 fully saturated rings. The molecule has 0 aliphatic heterocycles. The lowest BCUT2D eigenvalue weighted by atomic mass is 10.2. The predicted octanol–water partition coefficient (Wildman–Crippen LogP) is 2.34. The number of aromatic hydroxyl groups is 4. The van der Waals surface area contributed by atoms with Crippen LogP contribution in [0.5, 0.6) is 23.0 Å². The van der Waals surface area contributed by atoms with Gasteiger partial charge in [-0.05, 0) is 36.4 Å². The molecule has 4 rings (SSSR count). The summed E-state index contributed by atoms with van der Waals surface area (Å²) in [6.07, 6.45) is -0.593. The molecule has 6 N–H and O–H groups in total. The Balaban J connectivity index is 0.000000187. The number of carboxylic acids is 2. The van der Waals surface area contributed by atoms with Crippen LogP contribution in [0.15, 0.2) is 67.0 Å². The maximum absolute atomic E-state index is 10.8. The van der Waals surface area contributed by atoms with Gasteiger partial charge in [-0.25, -0.2) is 9.59 Å². The number of phenols is 4. The molecule has 0 unspecified atom stereocenters. The number of fused-ring (bicyclic) bond motifs is 2. The maximum Gasteiger partial charge on any atom is 0.336 e. The van der Waals surface area contributed by atoms with E-state index < -0.39 is 34.7 Å². The fourth-order valence-corrected chi connectivity index (χ4v) is 2.43. The zero-order valence-corrected chi connectivity index (χ0v) is 17.2. The van der Waals surface area contributed by atoms with Gasteiger partial charge in [0, 0.05) is 22.9 Å². The molecule has 2 aromatic carbocycles. The van der Waals surface area contributed by atoms with E-state index in [-0.39, 0.29) is 35.5 Å². The van der Waals surface area contributed by atoms with Gasteiger partial charge in [-0.2, -0.15) is 0 Å². The smallest absolute Gasteiger partial charge is 0.336 e. The van der Waals surface area contributed by atoms with Crippen LogP contribution in [0.4, 0.5) is 0 Å². The number of phenolic OH excluding ortho intramolecular Hbond substituents is 4. The molecule has 0 spiro atoms. The number of hydrogen-bond acceptors (Lipinski definition) is 10. The highest BCUT2D eigenvalue weighted by Crippen LogP contribution is 2.32. The van der Waals surface area contributed by atoms with E-state index in [1.54, 1.807) is 12.1 Å². The lowest BCUT2D eigenvalue weighted by Crippen LogP contribution is -2.00. The highest BCUT2D eigenvalue weighted by atomic mass is 16.4. The van der Waals surface area contributed by atoms with Crippen LogP contribution in [0.1, 0.15) is 12.8 Å². The molecule has 0 amide bonds. The summed E-state index contributed by atoms with van der Waals surface area (Å²) < 4.78 is 9.42. The fourth-order valence-electron chi connectivity index (χ4n) is 2.43. The Morgan fingerprint density at radius 1 is 0.588 bits per heavy atom. The van der Waals surface area contributed by atoms with Crippen molar-refractivity contribution in [2.24, 2.45) is 0 Å². The van der Waals surface area contributed by atoms with Crippen LogP contribution in [0.25, 0.3) is 21.9 Å². The second kappa shape index (κ2) is 11.0. The van der Waals surface area contributed by atoms with E-state index in [1.165, 1.54) is 36.4 Å². The number of benzene rings is 2. The van der Waals surface area contributed by atoms with Gasteiger partial charge in [0.05, 0.1) is 12.8 Å². The van der Waals surface area contributed by atoms with E-state index in [4.69, 9.17) is 29.3 Å². The summed E-state index contributed by atoms with van der Waals surface area (Å²) in [6.45, 7) is 0. The molecule has 178 valence electrons. The van der Waals surface area contributed by atoms with E-state index in [1.807, 2.05) is 0 Å². The zero-order valence-electron chi connectivity index (χ0n) is 17.2. The van der Waals surface area contributed by atoms with Gasteiger partial charge in [-0.15, -0.1) is 0 Å². The number of carbonyl (C=O) groups is 2. The van der Waals surface area contributed by atoms with Gasteiger partial charge in [0.15, 0.2) is 22.7 Å². The van der Waals surface area contributed by atoms with E-state index in [0.29, 0.717) is 10.8 Å². The molecule has 0 aliphatic carbocycles. The summed E-state index contributed by atoms with van der Waals surface area (Å²) in [7, 11) is 0. The standard InChI is InChI=1S/2C9H6O4.C4H6O4/c2*10-6-3-1-5-2-4-7(11)13-9(5)8(6)12;5-3(6)1-2-4(7)8/h2*1-4,10,12H;1-2H2,(H,5,6)(H,7,8). The Kier molecular flexibility index (Phi) is 8.20. The molecule has 34 heavy (non-hydrogen) atoms. The Morgan fingerprint density at radius 2 is 0.912 bits per heavy atom. The van der Waals surface area contributed by atoms with Crippen molar-refractivity contribution in [3.05, 3.63) is 69.4 Å². The van der Waals surface area contributed by atoms with Gasteiger partial charge >= 0.3 is 23.2 Å². The van der Waals surface area contributed by atoms with Crippen LogP contribution in [-0.2, 0) is 9.59 Å². The first-order valence-electron chi connectivity index (χ1n) is 9.32. The lowest BCUT2D eigenvalue weighted by Gasteiger charge is -1.99. The maximum atomic E-state index is 10.8. The molecule has 2 heterocycles. The van der Waals surface area contributed by atoms with Gasteiger partial charge in [0.2, 0.25) is 11.5 Å². The minimum atomic E-state index is -1.08. The van der Waals surface area contributed by atoms with Crippen molar-refractivity contribution in [1.82, 2.24) is 0 Å². The van der Waals surface area contributed by atoms with Crippen molar-refractivity contribution >= 4 is 33.9 Å². The zero-order chi connectivity index (χ0) is 25.4. The first kappa shape index (κ1) is 25.3. The minimum Gasteiger partial charge on any atom is -0.504 e. The van der Waals surface area contributed by atoms with Crippen LogP contribution in [0.3, 0.4) is 0 Å². The number of carboxylic acid groups (broad SMARTS) is 2. The third-order valence-electron chi connectivity index (χ3n) is 4.04. The van der Waals surface area contributed by atoms with Gasteiger partial charge in [0.1, 0.15) is 0 Å². The van der Waals surface area contributed by atoms with E-state index in [2.05, 4.69) is 0 Å². The molecule has 0 saturated carbocycles. The number of aliphatic carboxylic acids is 2. The molecule has 2 aromatic heterocycles. The highest BCUT2D eigenvalue weighted by Gasteiger charge is 2.08. The molecule has 4 aromatic rings. The second-order valence-corrected chi connectivity index (χ2v) is 6.50. The average Bonchev–Trinajstić information content (AvgIpc) is 2.79. The van der Waals surface area contributed by atoms with Crippen LogP contribution in [0, 0.1) is 0 Å². The van der Waals surface area contributed by atoms with Gasteiger partial charge < -0.3 is 39.5 Å². The monoisotopic (exact) mass is 474 g/mol. The number of hydrogen-bond donors (Lipinski definition) is 6. The minimum absolute atomic E-state index is 0.00694. The highest BCUT2D eigenvalue weighted by molar-refractivity contribution is 5.85. The van der Waals surface area contributed by atoms with E-state index in [0.717, 1.165) is 0 Å². The molecule has 12 heteroatoms. The van der Waals surface area contributed by atoms with Crippen molar-refractivity contribution in [1.29, 1.82) is 0 Å². The number of rotatable bonds is 3. The SMILES string of the molecule is O=C(O)CCC(=O)O.O=c1ccc2ccc(O)c(O)c2o1.O=c1ccc2ccc(O)c(O)c2o1. The van der Waals surface area contributed by atoms with Crippen LogP contribution >= 0.6 is 0 Å². The normalized spacial score (nSPS) is 10.0. The predicted molar refractivity (Wildman–Crippen MR) is 116 cm³/mol. The quantitative estimate of drug-likeness (QED) is 0.186. The molecule has 0 bridgehead atoms. The summed E-state index contributed by atoms with van der Waals surface area (Å²) >= 11 is 0.